The third-order valence-electron chi connectivity index (χ3n) is 3.90. The van der Waals surface area contributed by atoms with Gasteiger partial charge in [0.15, 0.2) is 0 Å². The van der Waals surface area contributed by atoms with Crippen LogP contribution in [-0.2, 0) is 9.53 Å². The number of ether oxygens (including phenoxy) is 1. The SMILES string of the molecule is CC(C)(C)SC[C@H]1CCCCN1C(=O)[C@@H]1CCOC1. The van der Waals surface area contributed by atoms with E-state index in [0.29, 0.717) is 18.6 Å². The summed E-state index contributed by atoms with van der Waals surface area (Å²) in [5, 5.41) is 0. The van der Waals surface area contributed by atoms with Crippen LogP contribution in [0.15, 0.2) is 0 Å². The molecule has 3 nitrogen and oxygen atoms in total. The molecule has 110 valence electrons. The quantitative estimate of drug-likeness (QED) is 0.798. The first kappa shape index (κ1) is 15.2. The van der Waals surface area contributed by atoms with E-state index in [0.717, 1.165) is 31.7 Å². The minimum atomic E-state index is 0.125. The molecule has 4 heteroatoms. The van der Waals surface area contributed by atoms with Crippen molar-refractivity contribution in [2.45, 2.75) is 57.2 Å². The van der Waals surface area contributed by atoms with Crippen LogP contribution < -0.4 is 0 Å². The summed E-state index contributed by atoms with van der Waals surface area (Å²) < 4.78 is 5.65. The third kappa shape index (κ3) is 4.38. The van der Waals surface area contributed by atoms with Crippen molar-refractivity contribution in [3.05, 3.63) is 0 Å². The summed E-state index contributed by atoms with van der Waals surface area (Å²) in [6.07, 6.45) is 4.51. The summed E-state index contributed by atoms with van der Waals surface area (Å²) in [5.74, 6) is 1.54. The zero-order chi connectivity index (χ0) is 13.9. The summed E-state index contributed by atoms with van der Waals surface area (Å²) in [5.41, 5.74) is 0. The molecule has 0 aromatic carbocycles. The van der Waals surface area contributed by atoms with Crippen LogP contribution in [0.25, 0.3) is 0 Å². The molecule has 2 aliphatic rings. The first-order chi connectivity index (χ1) is 8.97. The molecule has 19 heavy (non-hydrogen) atoms. The zero-order valence-corrected chi connectivity index (χ0v) is 13.3. The van der Waals surface area contributed by atoms with Gasteiger partial charge in [0.05, 0.1) is 12.5 Å². The lowest BCUT2D eigenvalue weighted by molar-refractivity contribution is -0.138. The number of nitrogens with zero attached hydrogens (tertiary/aromatic N) is 1. The highest BCUT2D eigenvalue weighted by molar-refractivity contribution is 8.00. The van der Waals surface area contributed by atoms with E-state index in [9.17, 15) is 4.79 Å². The monoisotopic (exact) mass is 285 g/mol. The molecule has 0 unspecified atom stereocenters. The van der Waals surface area contributed by atoms with Gasteiger partial charge in [-0.05, 0) is 25.7 Å². The van der Waals surface area contributed by atoms with Crippen LogP contribution >= 0.6 is 11.8 Å². The van der Waals surface area contributed by atoms with Gasteiger partial charge in [0.25, 0.3) is 0 Å². The van der Waals surface area contributed by atoms with Crippen molar-refractivity contribution in [1.82, 2.24) is 4.90 Å². The fourth-order valence-electron chi connectivity index (χ4n) is 2.77. The molecule has 2 aliphatic heterocycles. The molecule has 0 spiro atoms. The first-order valence-electron chi connectivity index (χ1n) is 7.49. The van der Waals surface area contributed by atoms with Gasteiger partial charge >= 0.3 is 0 Å². The lowest BCUT2D eigenvalue weighted by atomic mass is 9.99. The van der Waals surface area contributed by atoms with Crippen molar-refractivity contribution in [1.29, 1.82) is 0 Å². The molecule has 2 rings (SSSR count). The van der Waals surface area contributed by atoms with Crippen LogP contribution in [0.4, 0.5) is 0 Å². The second-order valence-corrected chi connectivity index (χ2v) is 8.51. The van der Waals surface area contributed by atoms with E-state index in [-0.39, 0.29) is 10.7 Å². The van der Waals surface area contributed by atoms with Gasteiger partial charge in [-0.1, -0.05) is 20.8 Å². The molecule has 0 N–H and O–H groups in total. The van der Waals surface area contributed by atoms with Gasteiger partial charge in [0, 0.05) is 29.7 Å². The Morgan fingerprint density at radius 1 is 1.32 bits per heavy atom. The van der Waals surface area contributed by atoms with E-state index < -0.39 is 0 Å². The fourth-order valence-corrected chi connectivity index (χ4v) is 3.81. The fraction of sp³-hybridized carbons (Fsp3) is 0.933. The lowest BCUT2D eigenvalue weighted by Gasteiger charge is -2.38. The van der Waals surface area contributed by atoms with Crippen molar-refractivity contribution in [3.63, 3.8) is 0 Å². The molecule has 0 aromatic heterocycles. The Morgan fingerprint density at radius 2 is 2.11 bits per heavy atom. The maximum atomic E-state index is 12.6. The molecule has 0 saturated carbocycles. The van der Waals surface area contributed by atoms with Gasteiger partial charge < -0.3 is 9.64 Å². The van der Waals surface area contributed by atoms with Crippen molar-refractivity contribution >= 4 is 17.7 Å². The van der Waals surface area contributed by atoms with Gasteiger partial charge in [-0.25, -0.2) is 0 Å². The second-order valence-electron chi connectivity index (χ2n) is 6.67. The highest BCUT2D eigenvalue weighted by Crippen LogP contribution is 2.30. The maximum absolute atomic E-state index is 12.6. The molecule has 0 bridgehead atoms. The Labute approximate surface area is 121 Å². The van der Waals surface area contributed by atoms with Crippen molar-refractivity contribution < 1.29 is 9.53 Å². The maximum Gasteiger partial charge on any atom is 0.228 e. The first-order valence-corrected chi connectivity index (χ1v) is 8.48. The Kier molecular flexibility index (Phi) is 5.18. The van der Waals surface area contributed by atoms with Crippen LogP contribution in [0.5, 0.6) is 0 Å². The standard InChI is InChI=1S/C15H27NO2S/c1-15(2,3)19-11-13-6-4-5-8-16(13)14(17)12-7-9-18-10-12/h12-13H,4-11H2,1-3H3/t12-,13-/m1/s1. The zero-order valence-electron chi connectivity index (χ0n) is 12.5. The number of amides is 1. The van der Waals surface area contributed by atoms with Crippen LogP contribution in [0.2, 0.25) is 0 Å². The molecule has 2 atom stereocenters. The smallest absolute Gasteiger partial charge is 0.228 e. The Balaban J connectivity index is 1.93. The van der Waals surface area contributed by atoms with Gasteiger partial charge in [-0.15, -0.1) is 0 Å². The third-order valence-corrected chi connectivity index (χ3v) is 5.32. The number of hydrogen-bond acceptors (Lipinski definition) is 3. The molecule has 0 aliphatic carbocycles. The molecule has 2 fully saturated rings. The molecule has 0 aromatic rings. The number of carbonyl (C=O) groups excluding carboxylic acids is 1. The van der Waals surface area contributed by atoms with Crippen LogP contribution in [0.3, 0.4) is 0 Å². The molecule has 2 heterocycles. The van der Waals surface area contributed by atoms with E-state index >= 15 is 0 Å². The van der Waals surface area contributed by atoms with Gasteiger partial charge in [-0.3, -0.25) is 4.79 Å². The summed E-state index contributed by atoms with van der Waals surface area (Å²) >= 11 is 1.98. The van der Waals surface area contributed by atoms with E-state index in [4.69, 9.17) is 4.74 Å². The van der Waals surface area contributed by atoms with Crippen molar-refractivity contribution in [3.8, 4) is 0 Å². The topological polar surface area (TPSA) is 29.5 Å². The van der Waals surface area contributed by atoms with E-state index in [2.05, 4.69) is 25.7 Å². The molecule has 1 amide bonds. The highest BCUT2D eigenvalue weighted by atomic mass is 32.2. The second kappa shape index (κ2) is 6.49. The van der Waals surface area contributed by atoms with Crippen molar-refractivity contribution in [2.24, 2.45) is 5.92 Å². The molecule has 0 radical (unpaired) electrons. The summed E-state index contributed by atoms with van der Waals surface area (Å²) in [4.78, 5) is 14.7. The number of thioether (sulfide) groups is 1. The average Bonchev–Trinajstić information content (AvgIpc) is 2.89. The van der Waals surface area contributed by atoms with E-state index in [1.54, 1.807) is 0 Å². The summed E-state index contributed by atoms with van der Waals surface area (Å²) in [7, 11) is 0. The van der Waals surface area contributed by atoms with Crippen LogP contribution in [0, 0.1) is 5.92 Å². The summed E-state index contributed by atoms with van der Waals surface area (Å²) in [6, 6.07) is 0.436. The predicted molar refractivity (Wildman–Crippen MR) is 80.5 cm³/mol. The number of piperidine rings is 1. The minimum absolute atomic E-state index is 0.125. The lowest BCUT2D eigenvalue weighted by Crippen LogP contribution is -2.48. The van der Waals surface area contributed by atoms with Crippen molar-refractivity contribution in [2.75, 3.05) is 25.5 Å². The number of carbonyl (C=O) groups is 1. The number of rotatable bonds is 3. The largest absolute Gasteiger partial charge is 0.381 e. The van der Waals surface area contributed by atoms with Gasteiger partial charge in [0.1, 0.15) is 0 Å². The average molecular weight is 285 g/mol. The number of likely N-dealkylation sites (tertiary alicyclic amines) is 1. The van der Waals surface area contributed by atoms with Gasteiger partial charge in [0.2, 0.25) is 5.91 Å². The minimum Gasteiger partial charge on any atom is -0.381 e. The van der Waals surface area contributed by atoms with Crippen LogP contribution in [-0.4, -0.2) is 47.1 Å². The summed E-state index contributed by atoms with van der Waals surface area (Å²) in [6.45, 7) is 9.08. The Hall–Kier alpha value is -0.220. The van der Waals surface area contributed by atoms with E-state index in [1.165, 1.54) is 12.8 Å². The Morgan fingerprint density at radius 3 is 2.74 bits per heavy atom. The Bertz CT molecular complexity index is 308. The predicted octanol–water partition coefficient (Wildman–Crippen LogP) is 2.94. The molecular formula is C15H27NO2S. The molecule has 2 saturated heterocycles. The highest BCUT2D eigenvalue weighted by Gasteiger charge is 2.33. The van der Waals surface area contributed by atoms with Crippen LogP contribution in [0.1, 0.15) is 46.5 Å². The normalized spacial score (nSPS) is 28.7. The number of hydrogen-bond donors (Lipinski definition) is 0. The van der Waals surface area contributed by atoms with Gasteiger partial charge in [-0.2, -0.15) is 11.8 Å². The van der Waals surface area contributed by atoms with E-state index in [1.807, 2.05) is 11.8 Å². The molecular weight excluding hydrogens is 258 g/mol.